The first-order chi connectivity index (χ1) is 9.40. The molecule has 0 amide bonds. The van der Waals surface area contributed by atoms with Crippen molar-refractivity contribution in [2.45, 2.75) is 6.54 Å². The molecule has 0 spiro atoms. The third-order valence-corrected chi connectivity index (χ3v) is 2.60. The third-order valence-electron chi connectivity index (χ3n) is 2.60. The second-order valence-corrected chi connectivity index (χ2v) is 3.96. The highest BCUT2D eigenvalue weighted by molar-refractivity contribution is 5.30. The SMILES string of the molecule is N#Cc1ncccc1CNCCOc1ccccc1. The Morgan fingerprint density at radius 1 is 1.16 bits per heavy atom. The van der Waals surface area contributed by atoms with Gasteiger partial charge in [0, 0.05) is 24.8 Å². The van der Waals surface area contributed by atoms with Crippen LogP contribution < -0.4 is 10.1 Å². The topological polar surface area (TPSA) is 57.9 Å². The molecule has 0 bridgehead atoms. The largest absolute Gasteiger partial charge is 0.492 e. The molecule has 0 aliphatic carbocycles. The Hall–Kier alpha value is -2.38. The Kier molecular flexibility index (Phi) is 4.91. The molecule has 0 fully saturated rings. The molecular weight excluding hydrogens is 238 g/mol. The van der Waals surface area contributed by atoms with E-state index in [1.165, 1.54) is 0 Å². The van der Waals surface area contributed by atoms with Gasteiger partial charge in [-0.3, -0.25) is 0 Å². The number of nitrogens with one attached hydrogen (secondary N) is 1. The molecule has 1 aromatic carbocycles. The summed E-state index contributed by atoms with van der Waals surface area (Å²) in [6.45, 7) is 1.93. The van der Waals surface area contributed by atoms with Crippen LogP contribution >= 0.6 is 0 Å². The predicted octanol–water partition coefficient (Wildman–Crippen LogP) is 2.12. The van der Waals surface area contributed by atoms with Crippen LogP contribution in [0.5, 0.6) is 5.75 Å². The molecule has 0 aliphatic heterocycles. The van der Waals surface area contributed by atoms with Crippen LogP contribution in [0, 0.1) is 11.3 Å². The molecule has 0 saturated carbocycles. The first-order valence-corrected chi connectivity index (χ1v) is 6.12. The van der Waals surface area contributed by atoms with Crippen LogP contribution in [0.25, 0.3) is 0 Å². The van der Waals surface area contributed by atoms with Crippen molar-refractivity contribution in [3.63, 3.8) is 0 Å². The second kappa shape index (κ2) is 7.14. The number of nitriles is 1. The first-order valence-electron chi connectivity index (χ1n) is 6.12. The zero-order valence-electron chi connectivity index (χ0n) is 10.5. The maximum Gasteiger partial charge on any atom is 0.144 e. The number of rotatable bonds is 6. The van der Waals surface area contributed by atoms with Crippen LogP contribution in [-0.4, -0.2) is 18.1 Å². The maximum atomic E-state index is 8.90. The van der Waals surface area contributed by atoms with Crippen molar-refractivity contribution in [3.8, 4) is 11.8 Å². The van der Waals surface area contributed by atoms with E-state index < -0.39 is 0 Å². The fourth-order valence-corrected chi connectivity index (χ4v) is 1.66. The molecule has 0 atom stereocenters. The van der Waals surface area contributed by atoms with Gasteiger partial charge in [-0.05, 0) is 18.2 Å². The van der Waals surface area contributed by atoms with E-state index in [1.807, 2.05) is 42.5 Å². The summed E-state index contributed by atoms with van der Waals surface area (Å²) in [5.41, 5.74) is 1.38. The minimum absolute atomic E-state index is 0.471. The van der Waals surface area contributed by atoms with E-state index in [2.05, 4.69) is 16.4 Å². The standard InChI is InChI=1S/C15H15N3O/c16-11-15-13(5-4-8-18-15)12-17-9-10-19-14-6-2-1-3-7-14/h1-8,17H,9-10,12H2. The summed E-state index contributed by atoms with van der Waals surface area (Å²) >= 11 is 0. The van der Waals surface area contributed by atoms with Gasteiger partial charge in [-0.15, -0.1) is 0 Å². The van der Waals surface area contributed by atoms with Crippen molar-refractivity contribution in [2.75, 3.05) is 13.2 Å². The molecule has 2 rings (SSSR count). The van der Waals surface area contributed by atoms with E-state index >= 15 is 0 Å². The minimum atomic E-state index is 0.471. The quantitative estimate of drug-likeness (QED) is 0.801. The lowest BCUT2D eigenvalue weighted by Gasteiger charge is -2.08. The highest BCUT2D eigenvalue weighted by Crippen LogP contribution is 2.07. The molecule has 4 heteroatoms. The molecule has 0 unspecified atom stereocenters. The van der Waals surface area contributed by atoms with Gasteiger partial charge in [0.15, 0.2) is 0 Å². The van der Waals surface area contributed by atoms with E-state index in [1.54, 1.807) is 6.20 Å². The van der Waals surface area contributed by atoms with Crippen molar-refractivity contribution >= 4 is 0 Å². The molecular formula is C15H15N3O. The second-order valence-electron chi connectivity index (χ2n) is 3.96. The Labute approximate surface area is 112 Å². The van der Waals surface area contributed by atoms with Crippen LogP contribution in [0.1, 0.15) is 11.3 Å². The van der Waals surface area contributed by atoms with Gasteiger partial charge in [-0.1, -0.05) is 24.3 Å². The zero-order chi connectivity index (χ0) is 13.3. The number of para-hydroxylation sites is 1. The van der Waals surface area contributed by atoms with Gasteiger partial charge in [-0.2, -0.15) is 5.26 Å². The van der Waals surface area contributed by atoms with Crippen molar-refractivity contribution in [2.24, 2.45) is 0 Å². The van der Waals surface area contributed by atoms with Crippen molar-refractivity contribution < 1.29 is 4.74 Å². The molecule has 0 aliphatic rings. The predicted molar refractivity (Wildman–Crippen MR) is 72.6 cm³/mol. The van der Waals surface area contributed by atoms with E-state index in [9.17, 15) is 0 Å². The number of benzene rings is 1. The molecule has 2 aromatic rings. The Balaban J connectivity index is 1.71. The fraction of sp³-hybridized carbons (Fsp3) is 0.200. The van der Waals surface area contributed by atoms with Crippen LogP contribution in [0.15, 0.2) is 48.7 Å². The number of hydrogen-bond acceptors (Lipinski definition) is 4. The summed E-state index contributed by atoms with van der Waals surface area (Å²) in [7, 11) is 0. The van der Waals surface area contributed by atoms with Crippen molar-refractivity contribution in [3.05, 3.63) is 59.9 Å². The Morgan fingerprint density at radius 3 is 2.79 bits per heavy atom. The number of ether oxygens (including phenoxy) is 1. The number of hydrogen-bond donors (Lipinski definition) is 1. The van der Waals surface area contributed by atoms with E-state index in [-0.39, 0.29) is 0 Å². The van der Waals surface area contributed by atoms with Gasteiger partial charge in [0.05, 0.1) is 0 Å². The molecule has 96 valence electrons. The average molecular weight is 253 g/mol. The van der Waals surface area contributed by atoms with Crippen molar-refractivity contribution in [1.82, 2.24) is 10.3 Å². The highest BCUT2D eigenvalue weighted by Gasteiger charge is 2.01. The van der Waals surface area contributed by atoms with Gasteiger partial charge < -0.3 is 10.1 Å². The molecule has 1 heterocycles. The number of nitrogens with zero attached hydrogens (tertiary/aromatic N) is 2. The molecule has 1 aromatic heterocycles. The highest BCUT2D eigenvalue weighted by atomic mass is 16.5. The summed E-state index contributed by atoms with van der Waals surface area (Å²) in [4.78, 5) is 4.01. The molecule has 0 radical (unpaired) electrons. The minimum Gasteiger partial charge on any atom is -0.492 e. The molecule has 0 saturated heterocycles. The third kappa shape index (κ3) is 4.09. The average Bonchev–Trinajstić information content (AvgIpc) is 2.48. The molecule has 19 heavy (non-hydrogen) atoms. The monoisotopic (exact) mass is 253 g/mol. The Morgan fingerprint density at radius 2 is 2.00 bits per heavy atom. The summed E-state index contributed by atoms with van der Waals surface area (Å²) in [6, 6.07) is 15.5. The van der Waals surface area contributed by atoms with Crippen LogP contribution in [-0.2, 0) is 6.54 Å². The van der Waals surface area contributed by atoms with Gasteiger partial charge in [0.1, 0.15) is 24.1 Å². The maximum absolute atomic E-state index is 8.90. The smallest absolute Gasteiger partial charge is 0.144 e. The lowest BCUT2D eigenvalue weighted by atomic mass is 10.2. The number of pyridine rings is 1. The summed E-state index contributed by atoms with van der Waals surface area (Å²) in [5, 5.41) is 12.1. The van der Waals surface area contributed by atoms with Gasteiger partial charge in [-0.25, -0.2) is 4.98 Å². The summed E-state index contributed by atoms with van der Waals surface area (Å²) in [5.74, 6) is 0.864. The molecule has 1 N–H and O–H groups in total. The van der Waals surface area contributed by atoms with Crippen LogP contribution in [0.3, 0.4) is 0 Å². The van der Waals surface area contributed by atoms with Gasteiger partial charge in [0.2, 0.25) is 0 Å². The van der Waals surface area contributed by atoms with E-state index in [0.29, 0.717) is 25.4 Å². The van der Waals surface area contributed by atoms with Gasteiger partial charge in [0.25, 0.3) is 0 Å². The molecule has 4 nitrogen and oxygen atoms in total. The van der Waals surface area contributed by atoms with Crippen molar-refractivity contribution in [1.29, 1.82) is 5.26 Å². The number of aromatic nitrogens is 1. The van der Waals surface area contributed by atoms with Crippen LogP contribution in [0.4, 0.5) is 0 Å². The zero-order valence-corrected chi connectivity index (χ0v) is 10.5. The first kappa shape index (κ1) is 13.1. The normalized spacial score (nSPS) is 9.84. The lowest BCUT2D eigenvalue weighted by Crippen LogP contribution is -2.21. The summed E-state index contributed by atoms with van der Waals surface area (Å²) in [6.07, 6.45) is 1.63. The van der Waals surface area contributed by atoms with E-state index in [4.69, 9.17) is 10.00 Å². The fourth-order valence-electron chi connectivity index (χ4n) is 1.66. The lowest BCUT2D eigenvalue weighted by molar-refractivity contribution is 0.313. The van der Waals surface area contributed by atoms with Gasteiger partial charge >= 0.3 is 0 Å². The van der Waals surface area contributed by atoms with Crippen LogP contribution in [0.2, 0.25) is 0 Å². The van der Waals surface area contributed by atoms with E-state index in [0.717, 1.165) is 11.3 Å². The Bertz CT molecular complexity index is 549. The summed E-state index contributed by atoms with van der Waals surface area (Å²) < 4.78 is 5.56.